The fourth-order valence-corrected chi connectivity index (χ4v) is 2.15. The number of nitrogens with zero attached hydrogens (tertiary/aromatic N) is 1. The Hall–Kier alpha value is -1.78. The standard InChI is InChI=1S/C16H19ClN2O2/c1-11(16(20)18-2)19(3)10-14-8-9-15(21-14)12-4-6-13(17)7-5-12/h4-9,11H,10H2,1-3H3,(H,18,20)/t11-/m1/s1. The Bertz CT molecular complexity index is 607. The van der Waals surface area contributed by atoms with E-state index in [0.717, 1.165) is 17.1 Å². The van der Waals surface area contributed by atoms with Crippen molar-refractivity contribution in [3.63, 3.8) is 0 Å². The Morgan fingerprint density at radius 2 is 1.95 bits per heavy atom. The third-order valence-corrected chi connectivity index (χ3v) is 3.73. The SMILES string of the molecule is CNC(=O)[C@@H](C)N(C)Cc1ccc(-c2ccc(Cl)cc2)o1. The molecule has 1 atom stereocenters. The number of amides is 1. The number of hydrogen-bond acceptors (Lipinski definition) is 3. The maximum Gasteiger partial charge on any atom is 0.236 e. The summed E-state index contributed by atoms with van der Waals surface area (Å²) in [5.74, 6) is 1.60. The fraction of sp³-hybridized carbons (Fsp3) is 0.312. The zero-order chi connectivity index (χ0) is 15.4. The van der Waals surface area contributed by atoms with Crippen molar-refractivity contribution in [1.29, 1.82) is 0 Å². The average molecular weight is 307 g/mol. The van der Waals surface area contributed by atoms with Gasteiger partial charge < -0.3 is 9.73 Å². The van der Waals surface area contributed by atoms with Crippen LogP contribution in [0.15, 0.2) is 40.8 Å². The molecule has 0 aliphatic carbocycles. The molecular formula is C16H19ClN2O2. The lowest BCUT2D eigenvalue weighted by Gasteiger charge is -2.21. The van der Waals surface area contributed by atoms with Crippen LogP contribution >= 0.6 is 11.6 Å². The van der Waals surface area contributed by atoms with Gasteiger partial charge in [-0.3, -0.25) is 9.69 Å². The van der Waals surface area contributed by atoms with Crippen molar-refractivity contribution < 1.29 is 9.21 Å². The molecule has 0 radical (unpaired) electrons. The summed E-state index contributed by atoms with van der Waals surface area (Å²) in [5, 5.41) is 3.34. The number of hydrogen-bond donors (Lipinski definition) is 1. The van der Waals surface area contributed by atoms with Crippen LogP contribution in [0.3, 0.4) is 0 Å². The van der Waals surface area contributed by atoms with E-state index >= 15 is 0 Å². The molecule has 4 nitrogen and oxygen atoms in total. The predicted molar refractivity (Wildman–Crippen MR) is 84.1 cm³/mol. The van der Waals surface area contributed by atoms with Gasteiger partial charge in [0.15, 0.2) is 0 Å². The minimum atomic E-state index is -0.209. The molecule has 5 heteroatoms. The van der Waals surface area contributed by atoms with Crippen LogP contribution in [0, 0.1) is 0 Å². The molecule has 1 aromatic carbocycles. The number of carbonyl (C=O) groups excluding carboxylic acids is 1. The molecule has 0 aliphatic heterocycles. The van der Waals surface area contributed by atoms with Crippen molar-refractivity contribution in [3.8, 4) is 11.3 Å². The molecule has 0 fully saturated rings. The molecular weight excluding hydrogens is 288 g/mol. The first-order valence-electron chi connectivity index (χ1n) is 6.77. The predicted octanol–water partition coefficient (Wildman–Crippen LogP) is 3.17. The largest absolute Gasteiger partial charge is 0.460 e. The Balaban J connectivity index is 2.06. The van der Waals surface area contributed by atoms with E-state index in [1.807, 2.05) is 55.3 Å². The maximum absolute atomic E-state index is 11.6. The van der Waals surface area contributed by atoms with Gasteiger partial charge in [0, 0.05) is 17.6 Å². The topological polar surface area (TPSA) is 45.5 Å². The quantitative estimate of drug-likeness (QED) is 0.923. The zero-order valence-corrected chi connectivity index (χ0v) is 13.1. The third-order valence-electron chi connectivity index (χ3n) is 3.48. The molecule has 112 valence electrons. The van der Waals surface area contributed by atoms with Gasteiger partial charge in [0.05, 0.1) is 12.6 Å². The minimum Gasteiger partial charge on any atom is -0.460 e. The second-order valence-corrected chi connectivity index (χ2v) is 5.41. The molecule has 21 heavy (non-hydrogen) atoms. The van der Waals surface area contributed by atoms with Gasteiger partial charge in [-0.25, -0.2) is 0 Å². The Labute approximate surface area is 129 Å². The number of halogens is 1. The lowest BCUT2D eigenvalue weighted by molar-refractivity contribution is -0.125. The van der Waals surface area contributed by atoms with Crippen LogP contribution in [0.25, 0.3) is 11.3 Å². The Morgan fingerprint density at radius 3 is 2.57 bits per heavy atom. The van der Waals surface area contributed by atoms with E-state index in [1.54, 1.807) is 7.05 Å². The highest BCUT2D eigenvalue weighted by atomic mass is 35.5. The Morgan fingerprint density at radius 1 is 1.29 bits per heavy atom. The van der Waals surface area contributed by atoms with Crippen LogP contribution in [-0.2, 0) is 11.3 Å². The summed E-state index contributed by atoms with van der Waals surface area (Å²) >= 11 is 5.88. The van der Waals surface area contributed by atoms with Crippen molar-refractivity contribution in [1.82, 2.24) is 10.2 Å². The highest BCUT2D eigenvalue weighted by molar-refractivity contribution is 6.30. The summed E-state index contributed by atoms with van der Waals surface area (Å²) in [6.07, 6.45) is 0. The molecule has 0 saturated heterocycles. The lowest BCUT2D eigenvalue weighted by atomic mass is 10.2. The summed E-state index contributed by atoms with van der Waals surface area (Å²) in [7, 11) is 3.53. The monoisotopic (exact) mass is 306 g/mol. The molecule has 1 amide bonds. The number of rotatable bonds is 5. The molecule has 0 aliphatic rings. The maximum atomic E-state index is 11.6. The highest BCUT2D eigenvalue weighted by Crippen LogP contribution is 2.24. The van der Waals surface area contributed by atoms with Crippen LogP contribution in [0.1, 0.15) is 12.7 Å². The fourth-order valence-electron chi connectivity index (χ4n) is 2.02. The van der Waals surface area contributed by atoms with Gasteiger partial charge >= 0.3 is 0 Å². The second-order valence-electron chi connectivity index (χ2n) is 4.98. The van der Waals surface area contributed by atoms with Gasteiger partial charge in [-0.15, -0.1) is 0 Å². The summed E-state index contributed by atoms with van der Waals surface area (Å²) in [5.41, 5.74) is 0.979. The third kappa shape index (κ3) is 3.86. The molecule has 0 unspecified atom stereocenters. The lowest BCUT2D eigenvalue weighted by Crippen LogP contribution is -2.41. The summed E-state index contributed by atoms with van der Waals surface area (Å²) in [6.45, 7) is 2.43. The number of likely N-dealkylation sites (N-methyl/N-ethyl adjacent to an activating group) is 2. The van der Waals surface area contributed by atoms with Crippen LogP contribution in [0.4, 0.5) is 0 Å². The van der Waals surface area contributed by atoms with Crippen LogP contribution < -0.4 is 5.32 Å². The van der Waals surface area contributed by atoms with Gasteiger partial charge in [0.25, 0.3) is 0 Å². The van der Waals surface area contributed by atoms with E-state index in [9.17, 15) is 4.79 Å². The number of benzene rings is 1. The molecule has 2 rings (SSSR count). The molecule has 2 aromatic rings. The first-order chi connectivity index (χ1) is 10.0. The summed E-state index contributed by atoms with van der Waals surface area (Å²) in [4.78, 5) is 13.5. The van der Waals surface area contributed by atoms with Crippen molar-refractivity contribution in [2.45, 2.75) is 19.5 Å². The van der Waals surface area contributed by atoms with Crippen molar-refractivity contribution in [3.05, 3.63) is 47.2 Å². The summed E-state index contributed by atoms with van der Waals surface area (Å²) in [6, 6.07) is 11.1. The minimum absolute atomic E-state index is 0.0121. The normalized spacial score (nSPS) is 12.4. The molecule has 0 saturated carbocycles. The van der Waals surface area contributed by atoms with Gasteiger partial charge in [-0.2, -0.15) is 0 Å². The smallest absolute Gasteiger partial charge is 0.236 e. The van der Waals surface area contributed by atoms with E-state index in [4.69, 9.17) is 16.0 Å². The van der Waals surface area contributed by atoms with Crippen molar-refractivity contribution in [2.75, 3.05) is 14.1 Å². The van der Waals surface area contributed by atoms with Crippen LogP contribution in [-0.4, -0.2) is 30.9 Å². The van der Waals surface area contributed by atoms with Crippen molar-refractivity contribution >= 4 is 17.5 Å². The van der Waals surface area contributed by atoms with Gasteiger partial charge in [-0.1, -0.05) is 11.6 Å². The van der Waals surface area contributed by atoms with E-state index in [-0.39, 0.29) is 11.9 Å². The molecule has 1 heterocycles. The zero-order valence-electron chi connectivity index (χ0n) is 12.4. The first-order valence-corrected chi connectivity index (χ1v) is 7.15. The molecule has 1 aromatic heterocycles. The molecule has 0 bridgehead atoms. The van der Waals surface area contributed by atoms with E-state index in [1.165, 1.54) is 0 Å². The average Bonchev–Trinajstić information content (AvgIpc) is 2.94. The van der Waals surface area contributed by atoms with E-state index in [2.05, 4.69) is 5.32 Å². The van der Waals surface area contributed by atoms with Crippen LogP contribution in [0.5, 0.6) is 0 Å². The number of furan rings is 1. The van der Waals surface area contributed by atoms with Gasteiger partial charge in [-0.05, 0) is 50.4 Å². The molecule has 0 spiro atoms. The molecule has 1 N–H and O–H groups in total. The summed E-state index contributed by atoms with van der Waals surface area (Å²) < 4.78 is 5.83. The van der Waals surface area contributed by atoms with Gasteiger partial charge in [0.2, 0.25) is 5.91 Å². The highest BCUT2D eigenvalue weighted by Gasteiger charge is 2.18. The second kappa shape index (κ2) is 6.78. The van der Waals surface area contributed by atoms with Crippen LogP contribution in [0.2, 0.25) is 5.02 Å². The Kier molecular flexibility index (Phi) is 5.04. The van der Waals surface area contributed by atoms with Crippen molar-refractivity contribution in [2.24, 2.45) is 0 Å². The number of nitrogens with one attached hydrogen (secondary N) is 1. The first kappa shape index (κ1) is 15.6. The van der Waals surface area contributed by atoms with E-state index < -0.39 is 0 Å². The van der Waals surface area contributed by atoms with Gasteiger partial charge in [0.1, 0.15) is 11.5 Å². The van der Waals surface area contributed by atoms with E-state index in [0.29, 0.717) is 11.6 Å². The number of carbonyl (C=O) groups is 1.